The van der Waals surface area contributed by atoms with Gasteiger partial charge in [0.15, 0.2) is 0 Å². The predicted molar refractivity (Wildman–Crippen MR) is 152 cm³/mol. The topological polar surface area (TPSA) is 75.4 Å². The summed E-state index contributed by atoms with van der Waals surface area (Å²) in [7, 11) is 2.19. The molecule has 0 bridgehead atoms. The molecule has 2 aromatic carbocycles. The Labute approximate surface area is 228 Å². The first kappa shape index (κ1) is 26.9. The fraction of sp³-hybridized carbons (Fsp3) is 0.357. The van der Waals surface area contributed by atoms with Crippen molar-refractivity contribution in [1.29, 1.82) is 0 Å². The zero-order valence-corrected chi connectivity index (χ0v) is 23.5. The zero-order valence-electron chi connectivity index (χ0n) is 22.7. The van der Waals surface area contributed by atoms with Gasteiger partial charge in [-0.15, -0.1) is 0 Å². The number of halogens is 2. The van der Waals surface area contributed by atoms with E-state index in [0.29, 0.717) is 34.6 Å². The van der Waals surface area contributed by atoms with Crippen LogP contribution >= 0.6 is 0 Å². The van der Waals surface area contributed by atoms with E-state index in [1.54, 1.807) is 11.6 Å². The second-order valence-corrected chi connectivity index (χ2v) is 11.4. The highest BCUT2D eigenvalue weighted by atomic mass is 32.2. The van der Waals surface area contributed by atoms with E-state index < -0.39 is 28.5 Å². The van der Waals surface area contributed by atoms with E-state index in [4.69, 9.17) is 0 Å². The highest BCUT2D eigenvalue weighted by molar-refractivity contribution is 7.84. The minimum absolute atomic E-state index is 0.280. The minimum atomic E-state index is -1.43. The first-order chi connectivity index (χ1) is 18.5. The molecule has 1 saturated heterocycles. The first-order valence-corrected chi connectivity index (χ1v) is 14.3. The minimum Gasteiger partial charge on any atom is -0.378 e. The van der Waals surface area contributed by atoms with Crippen LogP contribution in [0.1, 0.15) is 24.2 Å². The third-order valence-corrected chi connectivity index (χ3v) is 8.31. The number of benzene rings is 2. The van der Waals surface area contributed by atoms with Crippen LogP contribution in [0.15, 0.2) is 52.3 Å². The van der Waals surface area contributed by atoms with E-state index >= 15 is 0 Å². The van der Waals surface area contributed by atoms with Crippen LogP contribution in [-0.2, 0) is 24.9 Å². The molecule has 1 fully saturated rings. The average Bonchev–Trinajstić information content (AvgIpc) is 3.24. The van der Waals surface area contributed by atoms with Crippen molar-refractivity contribution in [1.82, 2.24) is 14.3 Å². The standard InChI is InChI=1S/C28H32F2N6O2S/c1-17(31-24-7-6-19(29)14-26(24)39(5)38)21-12-20(30)13-23-22(21)15-27(34(4)28(23)37)36-10-8-35(9-11-36)25-16-33(3)32-18(25)2/h6-7,12-17,31H,8-11H2,1-5H3/t17-,39?/m1/s1. The molecule has 0 aliphatic carbocycles. The molecule has 5 rings (SSSR count). The van der Waals surface area contributed by atoms with Gasteiger partial charge in [0.1, 0.15) is 17.5 Å². The van der Waals surface area contributed by atoms with Crippen LogP contribution in [0.5, 0.6) is 0 Å². The van der Waals surface area contributed by atoms with Crippen molar-refractivity contribution in [3.05, 3.63) is 75.8 Å². The molecule has 2 aromatic heterocycles. The maximum atomic E-state index is 14.8. The summed E-state index contributed by atoms with van der Waals surface area (Å²) in [6.07, 6.45) is 3.50. The molecule has 0 amide bonds. The number of rotatable bonds is 6. The van der Waals surface area contributed by atoms with Crippen molar-refractivity contribution < 1.29 is 13.0 Å². The molecule has 1 aliphatic heterocycles. The molecule has 4 aromatic rings. The summed E-state index contributed by atoms with van der Waals surface area (Å²) in [5, 5.41) is 8.63. The normalized spacial score (nSPS) is 15.6. The molecule has 1 aliphatic rings. The number of pyridine rings is 1. The van der Waals surface area contributed by atoms with Crippen molar-refractivity contribution in [3.63, 3.8) is 0 Å². The van der Waals surface area contributed by atoms with Gasteiger partial charge in [0.2, 0.25) is 0 Å². The number of anilines is 3. The maximum absolute atomic E-state index is 14.8. The monoisotopic (exact) mass is 554 g/mol. The number of hydrogen-bond donors (Lipinski definition) is 1. The van der Waals surface area contributed by atoms with Crippen molar-refractivity contribution in [3.8, 4) is 0 Å². The highest BCUT2D eigenvalue weighted by Crippen LogP contribution is 2.32. The van der Waals surface area contributed by atoms with Crippen LogP contribution in [0.2, 0.25) is 0 Å². The number of nitrogens with zero attached hydrogens (tertiary/aromatic N) is 5. The lowest BCUT2D eigenvalue weighted by molar-refractivity contribution is 0.622. The lowest BCUT2D eigenvalue weighted by atomic mass is 9.99. The third kappa shape index (κ3) is 5.15. The van der Waals surface area contributed by atoms with Gasteiger partial charge in [-0.05, 0) is 61.2 Å². The van der Waals surface area contributed by atoms with Crippen molar-refractivity contribution >= 4 is 38.8 Å². The SMILES string of the molecule is Cc1nn(C)cc1N1CCN(c2cc3c([C@@H](C)Nc4ccc(F)cc4S(C)=O)cc(F)cc3c(=O)n2C)CC1. The van der Waals surface area contributed by atoms with E-state index in [9.17, 15) is 17.8 Å². The maximum Gasteiger partial charge on any atom is 0.259 e. The number of aromatic nitrogens is 3. The van der Waals surface area contributed by atoms with E-state index in [2.05, 4.69) is 20.2 Å². The summed E-state index contributed by atoms with van der Waals surface area (Å²) in [6.45, 7) is 6.80. The summed E-state index contributed by atoms with van der Waals surface area (Å²) in [5.74, 6) is -0.247. The number of fused-ring (bicyclic) bond motifs is 1. The Kier molecular flexibility index (Phi) is 7.19. The van der Waals surface area contributed by atoms with Gasteiger partial charge in [0, 0.05) is 58.8 Å². The van der Waals surface area contributed by atoms with Crippen molar-refractivity contribution in [2.75, 3.05) is 47.6 Å². The Balaban J connectivity index is 1.50. The Hall–Kier alpha value is -3.73. The Morgan fingerprint density at radius 3 is 2.31 bits per heavy atom. The van der Waals surface area contributed by atoms with Crippen LogP contribution in [0.25, 0.3) is 10.8 Å². The first-order valence-electron chi connectivity index (χ1n) is 12.8. The van der Waals surface area contributed by atoms with E-state index in [1.807, 2.05) is 37.8 Å². The van der Waals surface area contributed by atoms with Gasteiger partial charge in [-0.2, -0.15) is 5.10 Å². The van der Waals surface area contributed by atoms with E-state index in [1.165, 1.54) is 36.6 Å². The summed E-state index contributed by atoms with van der Waals surface area (Å²) in [6, 6.07) is 8.21. The molecule has 0 radical (unpaired) electrons. The van der Waals surface area contributed by atoms with Crippen molar-refractivity contribution in [2.45, 2.75) is 24.8 Å². The highest BCUT2D eigenvalue weighted by Gasteiger charge is 2.24. The van der Waals surface area contributed by atoms with Gasteiger partial charge in [0.05, 0.1) is 38.1 Å². The lowest BCUT2D eigenvalue weighted by Gasteiger charge is -2.37. The van der Waals surface area contributed by atoms with Crippen molar-refractivity contribution in [2.24, 2.45) is 14.1 Å². The van der Waals surface area contributed by atoms with Crippen LogP contribution < -0.4 is 20.7 Å². The summed E-state index contributed by atoms with van der Waals surface area (Å²) in [5.41, 5.74) is 2.89. The van der Waals surface area contributed by atoms with E-state index in [-0.39, 0.29) is 10.9 Å². The Morgan fingerprint density at radius 1 is 0.974 bits per heavy atom. The van der Waals surface area contributed by atoms with Gasteiger partial charge >= 0.3 is 0 Å². The fourth-order valence-electron chi connectivity index (χ4n) is 5.39. The number of hydrogen-bond acceptors (Lipinski definition) is 6. The predicted octanol–water partition coefficient (Wildman–Crippen LogP) is 4.10. The molecular formula is C28H32F2N6O2S. The Bertz CT molecular complexity index is 1640. The molecule has 3 heterocycles. The zero-order chi connectivity index (χ0) is 28.0. The quantitative estimate of drug-likeness (QED) is 0.387. The molecule has 1 N–H and O–H groups in total. The average molecular weight is 555 g/mol. The molecule has 2 atom stereocenters. The van der Waals surface area contributed by atoms with Crippen LogP contribution in [0.4, 0.5) is 26.0 Å². The molecule has 1 unspecified atom stereocenters. The van der Waals surface area contributed by atoms with Crippen LogP contribution in [-0.4, -0.2) is 51.0 Å². The van der Waals surface area contributed by atoms with Gasteiger partial charge in [-0.25, -0.2) is 8.78 Å². The molecular weight excluding hydrogens is 522 g/mol. The summed E-state index contributed by atoms with van der Waals surface area (Å²) < 4.78 is 44.2. The molecule has 0 spiro atoms. The number of piperazine rings is 1. The summed E-state index contributed by atoms with van der Waals surface area (Å²) in [4.78, 5) is 18.2. The number of nitrogens with one attached hydrogen (secondary N) is 1. The fourth-order valence-corrected chi connectivity index (χ4v) is 6.10. The molecule has 11 heteroatoms. The van der Waals surface area contributed by atoms with Gasteiger partial charge < -0.3 is 15.1 Å². The number of aryl methyl sites for hydroxylation is 2. The largest absolute Gasteiger partial charge is 0.378 e. The van der Waals surface area contributed by atoms with Gasteiger partial charge in [0.25, 0.3) is 5.56 Å². The Morgan fingerprint density at radius 2 is 1.67 bits per heavy atom. The van der Waals surface area contributed by atoms with Crippen LogP contribution in [0.3, 0.4) is 0 Å². The second kappa shape index (κ2) is 10.4. The molecule has 206 valence electrons. The summed E-state index contributed by atoms with van der Waals surface area (Å²) >= 11 is 0. The van der Waals surface area contributed by atoms with Gasteiger partial charge in [-0.1, -0.05) is 0 Å². The smallest absolute Gasteiger partial charge is 0.259 e. The van der Waals surface area contributed by atoms with E-state index in [0.717, 1.165) is 30.3 Å². The molecule has 0 saturated carbocycles. The second-order valence-electron chi connectivity index (χ2n) is 10.0. The lowest BCUT2D eigenvalue weighted by Crippen LogP contribution is -2.48. The third-order valence-electron chi connectivity index (χ3n) is 7.35. The van der Waals surface area contributed by atoms with Crippen LogP contribution in [0, 0.1) is 18.6 Å². The van der Waals surface area contributed by atoms with Gasteiger partial charge in [-0.3, -0.25) is 18.3 Å². The molecule has 8 nitrogen and oxygen atoms in total. The molecule has 39 heavy (non-hydrogen) atoms.